The second kappa shape index (κ2) is 5.65. The zero-order chi connectivity index (χ0) is 15.1. The zero-order valence-corrected chi connectivity index (χ0v) is 13.2. The van der Waals surface area contributed by atoms with Crippen molar-refractivity contribution in [1.82, 2.24) is 19.9 Å². The summed E-state index contributed by atoms with van der Waals surface area (Å²) in [5.41, 5.74) is 0. The van der Waals surface area contributed by atoms with Crippen LogP contribution in [-0.4, -0.2) is 51.0 Å². The first kappa shape index (κ1) is 14.2. The highest BCUT2D eigenvalue weighted by molar-refractivity contribution is 5.74. The van der Waals surface area contributed by atoms with Crippen LogP contribution >= 0.6 is 0 Å². The topological polar surface area (TPSA) is 62.5 Å². The van der Waals surface area contributed by atoms with Gasteiger partial charge in [-0.2, -0.15) is 4.98 Å². The van der Waals surface area contributed by atoms with Crippen LogP contribution in [0.5, 0.6) is 0 Å². The molecule has 2 unspecified atom stereocenters. The molecule has 1 amide bonds. The van der Waals surface area contributed by atoms with Crippen molar-refractivity contribution < 1.29 is 9.32 Å². The van der Waals surface area contributed by atoms with Crippen LogP contribution < -0.4 is 0 Å². The summed E-state index contributed by atoms with van der Waals surface area (Å²) in [5.74, 6) is 2.35. The van der Waals surface area contributed by atoms with Gasteiger partial charge in [0.2, 0.25) is 11.8 Å². The van der Waals surface area contributed by atoms with Gasteiger partial charge in [0.15, 0.2) is 5.82 Å². The molecule has 120 valence electrons. The fraction of sp³-hybridized carbons (Fsp3) is 0.812. The van der Waals surface area contributed by atoms with Crippen LogP contribution in [0.2, 0.25) is 0 Å². The van der Waals surface area contributed by atoms with Crippen molar-refractivity contribution in [3.63, 3.8) is 0 Å². The number of aromatic nitrogens is 2. The number of amides is 1. The average Bonchev–Trinajstić information content (AvgIpc) is 2.94. The third-order valence-electron chi connectivity index (χ3n) is 5.32. The summed E-state index contributed by atoms with van der Waals surface area (Å²) in [7, 11) is 0. The van der Waals surface area contributed by atoms with Gasteiger partial charge >= 0.3 is 0 Å². The zero-order valence-electron chi connectivity index (χ0n) is 13.2. The largest absolute Gasteiger partial charge is 0.339 e. The Morgan fingerprint density at radius 3 is 2.73 bits per heavy atom. The van der Waals surface area contributed by atoms with Crippen LogP contribution in [0.15, 0.2) is 4.52 Å². The highest BCUT2D eigenvalue weighted by Crippen LogP contribution is 2.39. The first-order valence-electron chi connectivity index (χ1n) is 8.56. The predicted molar refractivity (Wildman–Crippen MR) is 80.1 cm³/mol. The third-order valence-corrected chi connectivity index (χ3v) is 5.32. The van der Waals surface area contributed by atoms with Crippen LogP contribution in [0.3, 0.4) is 0 Å². The summed E-state index contributed by atoms with van der Waals surface area (Å²) in [4.78, 5) is 20.9. The quantitative estimate of drug-likeness (QED) is 0.850. The summed E-state index contributed by atoms with van der Waals surface area (Å²) in [6.45, 7) is 4.43. The van der Waals surface area contributed by atoms with E-state index in [1.165, 1.54) is 25.7 Å². The number of carbonyl (C=O) groups is 1. The van der Waals surface area contributed by atoms with E-state index in [1.807, 2.05) is 0 Å². The van der Waals surface area contributed by atoms with E-state index in [2.05, 4.69) is 19.9 Å². The van der Waals surface area contributed by atoms with E-state index in [0.717, 1.165) is 44.2 Å². The number of hydrogen-bond donors (Lipinski definition) is 0. The molecule has 1 aromatic heterocycles. The van der Waals surface area contributed by atoms with Gasteiger partial charge in [-0.15, -0.1) is 0 Å². The van der Waals surface area contributed by atoms with E-state index >= 15 is 0 Å². The average molecular weight is 304 g/mol. The van der Waals surface area contributed by atoms with E-state index in [-0.39, 0.29) is 5.91 Å². The predicted octanol–water partition coefficient (Wildman–Crippen LogP) is 1.92. The Balaban J connectivity index is 1.44. The first-order valence-corrected chi connectivity index (χ1v) is 8.56. The first-order chi connectivity index (χ1) is 10.7. The van der Waals surface area contributed by atoms with Crippen LogP contribution in [0.1, 0.15) is 63.1 Å². The molecule has 0 aromatic carbocycles. The molecule has 1 saturated carbocycles. The third kappa shape index (κ3) is 2.64. The lowest BCUT2D eigenvalue weighted by molar-refractivity contribution is -0.130. The smallest absolute Gasteiger partial charge is 0.229 e. The molecule has 6 heteroatoms. The van der Waals surface area contributed by atoms with Gasteiger partial charge in [-0.05, 0) is 45.1 Å². The fourth-order valence-electron chi connectivity index (χ4n) is 4.08. The second-order valence-corrected chi connectivity index (χ2v) is 6.93. The van der Waals surface area contributed by atoms with Crippen LogP contribution in [0, 0.1) is 0 Å². The van der Waals surface area contributed by atoms with Crippen LogP contribution in [0.4, 0.5) is 0 Å². The molecule has 4 rings (SSSR count). The van der Waals surface area contributed by atoms with Gasteiger partial charge in [-0.1, -0.05) is 5.16 Å². The van der Waals surface area contributed by atoms with Gasteiger partial charge in [0.25, 0.3) is 0 Å². The van der Waals surface area contributed by atoms with Crippen LogP contribution in [0.25, 0.3) is 0 Å². The molecule has 3 fully saturated rings. The van der Waals surface area contributed by atoms with Gasteiger partial charge in [-0.3, -0.25) is 9.69 Å². The lowest BCUT2D eigenvalue weighted by Gasteiger charge is -2.34. The number of nitrogens with zero attached hydrogens (tertiary/aromatic N) is 4. The van der Waals surface area contributed by atoms with Crippen molar-refractivity contribution in [2.75, 3.05) is 13.1 Å². The Morgan fingerprint density at radius 1 is 1.18 bits per heavy atom. The maximum absolute atomic E-state index is 11.8. The Kier molecular flexibility index (Phi) is 3.64. The van der Waals surface area contributed by atoms with E-state index in [0.29, 0.717) is 18.0 Å². The minimum absolute atomic E-state index is 0.213. The Bertz CT molecular complexity index is 554. The molecule has 2 aliphatic heterocycles. The second-order valence-electron chi connectivity index (χ2n) is 6.93. The molecule has 0 N–H and O–H groups in total. The summed E-state index contributed by atoms with van der Waals surface area (Å²) >= 11 is 0. The van der Waals surface area contributed by atoms with Crippen molar-refractivity contribution in [2.45, 2.75) is 70.0 Å². The van der Waals surface area contributed by atoms with E-state index in [4.69, 9.17) is 4.52 Å². The van der Waals surface area contributed by atoms with Gasteiger partial charge < -0.3 is 9.42 Å². The number of carbonyl (C=O) groups excluding carboxylic acids is 1. The molecular formula is C16H24N4O2. The molecule has 3 aliphatic rings. The summed E-state index contributed by atoms with van der Waals surface area (Å²) in [6.07, 6.45) is 6.98. The van der Waals surface area contributed by atoms with Crippen LogP contribution in [-0.2, 0) is 11.3 Å². The van der Waals surface area contributed by atoms with Gasteiger partial charge in [-0.25, -0.2) is 0 Å². The molecule has 22 heavy (non-hydrogen) atoms. The molecule has 0 radical (unpaired) electrons. The Hall–Kier alpha value is -1.43. The molecule has 0 spiro atoms. The monoisotopic (exact) mass is 304 g/mol. The maximum Gasteiger partial charge on any atom is 0.229 e. The van der Waals surface area contributed by atoms with Crippen molar-refractivity contribution in [3.8, 4) is 0 Å². The summed E-state index contributed by atoms with van der Waals surface area (Å²) in [5, 5.41) is 4.15. The molecular weight excluding hydrogens is 280 g/mol. The standard InChI is InChI=1S/C16H24N4O2/c1-11(21)20-9-3-5-14(20)13-4-2-8-19(13)10-15-17-16(22-18-15)12-6-7-12/h12-14H,2-10H2,1H3. The highest BCUT2D eigenvalue weighted by Gasteiger charge is 2.39. The Labute approximate surface area is 130 Å². The van der Waals surface area contributed by atoms with Crippen molar-refractivity contribution in [1.29, 1.82) is 0 Å². The van der Waals surface area contributed by atoms with Gasteiger partial charge in [0.05, 0.1) is 6.54 Å². The van der Waals surface area contributed by atoms with Crippen molar-refractivity contribution in [2.24, 2.45) is 0 Å². The number of hydrogen-bond acceptors (Lipinski definition) is 5. The summed E-state index contributed by atoms with van der Waals surface area (Å²) in [6, 6.07) is 0.823. The minimum atomic E-state index is 0.213. The molecule has 2 atom stereocenters. The number of rotatable bonds is 4. The Morgan fingerprint density at radius 2 is 1.95 bits per heavy atom. The van der Waals surface area contributed by atoms with Crippen molar-refractivity contribution >= 4 is 5.91 Å². The molecule has 1 aliphatic carbocycles. The summed E-state index contributed by atoms with van der Waals surface area (Å²) < 4.78 is 5.37. The minimum Gasteiger partial charge on any atom is -0.339 e. The number of likely N-dealkylation sites (tertiary alicyclic amines) is 2. The van der Waals surface area contributed by atoms with E-state index in [9.17, 15) is 4.79 Å². The molecule has 3 heterocycles. The van der Waals surface area contributed by atoms with Gasteiger partial charge in [0.1, 0.15) is 0 Å². The maximum atomic E-state index is 11.8. The molecule has 6 nitrogen and oxygen atoms in total. The molecule has 1 aromatic rings. The molecule has 2 saturated heterocycles. The fourth-order valence-corrected chi connectivity index (χ4v) is 4.08. The lowest BCUT2D eigenvalue weighted by Crippen LogP contribution is -2.47. The van der Waals surface area contributed by atoms with E-state index in [1.54, 1.807) is 6.92 Å². The van der Waals surface area contributed by atoms with Gasteiger partial charge in [0, 0.05) is 31.5 Å². The molecule has 0 bridgehead atoms. The highest BCUT2D eigenvalue weighted by atomic mass is 16.5. The lowest BCUT2D eigenvalue weighted by atomic mass is 10.0. The van der Waals surface area contributed by atoms with Crippen molar-refractivity contribution in [3.05, 3.63) is 11.7 Å². The van der Waals surface area contributed by atoms with E-state index < -0.39 is 0 Å². The SMILES string of the molecule is CC(=O)N1CCCC1C1CCCN1Cc1noc(C2CC2)n1. The normalized spacial score (nSPS) is 29.4.